The number of fused-ring (bicyclic) bond motifs is 1. The molecule has 29 heavy (non-hydrogen) atoms. The van der Waals surface area contributed by atoms with E-state index in [9.17, 15) is 15.3 Å². The van der Waals surface area contributed by atoms with Crippen LogP contribution in [0.15, 0.2) is 41.6 Å². The molecule has 0 amide bonds. The van der Waals surface area contributed by atoms with Crippen LogP contribution in [-0.4, -0.2) is 49.8 Å². The monoisotopic (exact) mass is 454 g/mol. The molecule has 154 valence electrons. The first-order valence-electron chi connectivity index (χ1n) is 9.07. The Morgan fingerprint density at radius 1 is 1.14 bits per heavy atom. The number of thioether (sulfide) groups is 1. The number of aliphatic hydroxyl groups is 3. The van der Waals surface area contributed by atoms with E-state index in [1.165, 1.54) is 17.3 Å². The van der Waals surface area contributed by atoms with Gasteiger partial charge in [0.05, 0.1) is 27.7 Å². The van der Waals surface area contributed by atoms with Gasteiger partial charge in [-0.3, -0.25) is 4.57 Å². The number of aromatic nitrogens is 2. The Labute approximate surface area is 182 Å². The maximum Gasteiger partial charge on any atom is 0.171 e. The average molecular weight is 455 g/mol. The lowest BCUT2D eigenvalue weighted by Crippen LogP contribution is -2.33. The number of nitrogens with zero attached hydrogens (tertiary/aromatic N) is 2. The highest BCUT2D eigenvalue weighted by Gasteiger charge is 2.44. The molecule has 4 rings (SSSR count). The Morgan fingerprint density at radius 3 is 2.59 bits per heavy atom. The largest absolute Gasteiger partial charge is 0.394 e. The molecule has 9 heteroatoms. The lowest BCUT2D eigenvalue weighted by atomic mass is 10.1. The molecule has 2 aromatic carbocycles. The number of ether oxygens (including phenoxy) is 1. The number of aryl methyl sites for hydroxylation is 1. The predicted molar refractivity (Wildman–Crippen MR) is 114 cm³/mol. The van der Waals surface area contributed by atoms with Gasteiger partial charge in [-0.25, -0.2) is 4.98 Å². The van der Waals surface area contributed by atoms with Crippen molar-refractivity contribution in [1.82, 2.24) is 9.55 Å². The maximum absolute atomic E-state index is 10.6. The summed E-state index contributed by atoms with van der Waals surface area (Å²) in [6.07, 6.45) is -4.23. The highest BCUT2D eigenvalue weighted by molar-refractivity contribution is 7.98. The molecule has 1 aromatic heterocycles. The van der Waals surface area contributed by atoms with Crippen LogP contribution in [0, 0.1) is 6.92 Å². The molecule has 4 unspecified atom stereocenters. The summed E-state index contributed by atoms with van der Waals surface area (Å²) < 4.78 is 7.46. The minimum absolute atomic E-state index is 0.349. The van der Waals surface area contributed by atoms with E-state index in [1.54, 1.807) is 16.7 Å². The van der Waals surface area contributed by atoms with E-state index >= 15 is 0 Å². The van der Waals surface area contributed by atoms with Crippen molar-refractivity contribution in [3.8, 4) is 0 Å². The topological polar surface area (TPSA) is 87.7 Å². The molecular weight excluding hydrogens is 435 g/mol. The first-order chi connectivity index (χ1) is 13.9. The van der Waals surface area contributed by atoms with Gasteiger partial charge in [0.15, 0.2) is 11.4 Å². The number of rotatable bonds is 5. The molecule has 4 atom stereocenters. The van der Waals surface area contributed by atoms with Crippen molar-refractivity contribution in [1.29, 1.82) is 0 Å². The van der Waals surface area contributed by atoms with Crippen LogP contribution in [-0.2, 0) is 10.5 Å². The molecule has 2 heterocycles. The normalized spacial score (nSPS) is 24.5. The molecule has 0 radical (unpaired) electrons. The van der Waals surface area contributed by atoms with E-state index in [2.05, 4.69) is 11.1 Å². The summed E-state index contributed by atoms with van der Waals surface area (Å²) in [5.74, 6) is 0.654. The van der Waals surface area contributed by atoms with Crippen molar-refractivity contribution >= 4 is 46.0 Å². The number of hydrogen-bond donors (Lipinski definition) is 3. The molecule has 0 bridgehead atoms. The van der Waals surface area contributed by atoms with Crippen molar-refractivity contribution < 1.29 is 20.1 Å². The van der Waals surface area contributed by atoms with E-state index in [0.29, 0.717) is 32.0 Å². The minimum atomic E-state index is -1.22. The second kappa shape index (κ2) is 8.43. The summed E-state index contributed by atoms with van der Waals surface area (Å²) >= 11 is 13.8. The third kappa shape index (κ3) is 4.01. The summed E-state index contributed by atoms with van der Waals surface area (Å²) in [5.41, 5.74) is 3.52. The van der Waals surface area contributed by atoms with Crippen LogP contribution in [0.2, 0.25) is 10.0 Å². The van der Waals surface area contributed by atoms with Gasteiger partial charge in [-0.05, 0) is 24.6 Å². The zero-order chi connectivity index (χ0) is 20.7. The van der Waals surface area contributed by atoms with Gasteiger partial charge in [0.25, 0.3) is 0 Å². The third-order valence-electron chi connectivity index (χ3n) is 4.92. The standard InChI is InChI=1S/C20H20Cl2N2O4S/c1-10-3-2-4-11(5-10)9-29-20-23-14-6-12(21)13(22)7-15(14)24(20)19-18(27)17(26)16(8-25)28-19/h2-7,16-19,25-27H,8-9H2,1H3. The van der Waals surface area contributed by atoms with Crippen LogP contribution < -0.4 is 0 Å². The van der Waals surface area contributed by atoms with Crippen molar-refractivity contribution in [3.63, 3.8) is 0 Å². The Balaban J connectivity index is 1.76. The van der Waals surface area contributed by atoms with Gasteiger partial charge in [0.1, 0.15) is 18.3 Å². The number of benzene rings is 2. The van der Waals surface area contributed by atoms with Crippen LogP contribution >= 0.6 is 35.0 Å². The maximum atomic E-state index is 10.6. The van der Waals surface area contributed by atoms with Crippen molar-refractivity contribution in [2.24, 2.45) is 0 Å². The smallest absolute Gasteiger partial charge is 0.171 e. The Hall–Kier alpha value is -1.32. The van der Waals surface area contributed by atoms with Gasteiger partial charge in [0.2, 0.25) is 0 Å². The number of halogens is 2. The van der Waals surface area contributed by atoms with E-state index in [0.717, 1.165) is 5.56 Å². The summed E-state index contributed by atoms with van der Waals surface area (Å²) in [7, 11) is 0. The SMILES string of the molecule is Cc1cccc(CSc2nc3cc(Cl)c(Cl)cc3n2C2OC(CO)C(O)C2O)c1. The lowest BCUT2D eigenvalue weighted by molar-refractivity contribution is -0.0546. The van der Waals surface area contributed by atoms with E-state index in [4.69, 9.17) is 27.9 Å². The number of aliphatic hydroxyl groups excluding tert-OH is 3. The summed E-state index contributed by atoms with van der Waals surface area (Å²) in [6.45, 7) is 1.63. The van der Waals surface area contributed by atoms with Crippen molar-refractivity contribution in [2.45, 2.75) is 42.4 Å². The van der Waals surface area contributed by atoms with Crippen LogP contribution in [0.5, 0.6) is 0 Å². The van der Waals surface area contributed by atoms with Gasteiger partial charge >= 0.3 is 0 Å². The molecule has 1 aliphatic heterocycles. The third-order valence-corrected chi connectivity index (χ3v) is 6.67. The Morgan fingerprint density at radius 2 is 1.90 bits per heavy atom. The van der Waals surface area contributed by atoms with Crippen molar-refractivity contribution in [2.75, 3.05) is 6.61 Å². The first-order valence-corrected chi connectivity index (χ1v) is 10.8. The Kier molecular flexibility index (Phi) is 6.09. The molecule has 3 N–H and O–H groups in total. The Bertz CT molecular complexity index is 1040. The van der Waals surface area contributed by atoms with E-state index in [-0.39, 0.29) is 0 Å². The van der Waals surface area contributed by atoms with Crippen molar-refractivity contribution in [3.05, 3.63) is 57.6 Å². The fourth-order valence-corrected chi connectivity index (χ4v) is 4.75. The van der Waals surface area contributed by atoms with E-state index < -0.39 is 31.1 Å². The van der Waals surface area contributed by atoms with Crippen LogP contribution in [0.4, 0.5) is 0 Å². The second-order valence-electron chi connectivity index (χ2n) is 7.03. The highest BCUT2D eigenvalue weighted by Crippen LogP contribution is 2.39. The molecule has 3 aromatic rings. The van der Waals surface area contributed by atoms with Crippen LogP contribution in [0.3, 0.4) is 0 Å². The predicted octanol–water partition coefficient (Wildman–Crippen LogP) is 3.56. The van der Waals surface area contributed by atoms with Gasteiger partial charge in [0, 0.05) is 5.75 Å². The molecule has 0 saturated carbocycles. The number of imidazole rings is 1. The summed E-state index contributed by atoms with van der Waals surface area (Å²) in [4.78, 5) is 4.65. The fourth-order valence-electron chi connectivity index (χ4n) is 3.46. The van der Waals surface area contributed by atoms with Crippen LogP contribution in [0.1, 0.15) is 17.4 Å². The molecule has 0 spiro atoms. The zero-order valence-corrected chi connectivity index (χ0v) is 17.8. The number of hydrogen-bond acceptors (Lipinski definition) is 6. The average Bonchev–Trinajstić information content (AvgIpc) is 3.17. The van der Waals surface area contributed by atoms with E-state index in [1.807, 2.05) is 25.1 Å². The molecule has 1 aliphatic rings. The van der Waals surface area contributed by atoms with Gasteiger partial charge < -0.3 is 20.1 Å². The molecule has 6 nitrogen and oxygen atoms in total. The fraction of sp³-hybridized carbons (Fsp3) is 0.350. The first kappa shape index (κ1) is 20.9. The zero-order valence-electron chi connectivity index (χ0n) is 15.5. The highest BCUT2D eigenvalue weighted by atomic mass is 35.5. The van der Waals surface area contributed by atoms with Gasteiger partial charge in [-0.2, -0.15) is 0 Å². The lowest BCUT2D eigenvalue weighted by Gasteiger charge is -2.20. The molecule has 1 fully saturated rings. The minimum Gasteiger partial charge on any atom is -0.394 e. The molecule has 0 aliphatic carbocycles. The molecule has 1 saturated heterocycles. The van der Waals surface area contributed by atoms with Crippen LogP contribution in [0.25, 0.3) is 11.0 Å². The second-order valence-corrected chi connectivity index (χ2v) is 8.78. The summed E-state index contributed by atoms with van der Waals surface area (Å²) in [6, 6.07) is 11.5. The van der Waals surface area contributed by atoms with Gasteiger partial charge in [-0.15, -0.1) is 0 Å². The summed E-state index contributed by atoms with van der Waals surface area (Å²) in [5, 5.41) is 31.5. The molecular formula is C20H20Cl2N2O4S. The quantitative estimate of drug-likeness (QED) is 0.510. The van der Waals surface area contributed by atoms with Gasteiger partial charge in [-0.1, -0.05) is 64.8 Å².